The molecule has 0 aliphatic rings. The first-order valence-corrected chi connectivity index (χ1v) is 6.31. The van der Waals surface area contributed by atoms with Gasteiger partial charge in [0.1, 0.15) is 0 Å². The zero-order valence-electron chi connectivity index (χ0n) is 10.9. The lowest BCUT2D eigenvalue weighted by molar-refractivity contribution is 0.386. The van der Waals surface area contributed by atoms with Crippen LogP contribution in [-0.2, 0) is 0 Å². The number of ether oxygens (including phenoxy) is 1. The molecule has 0 aromatic heterocycles. The van der Waals surface area contributed by atoms with Crippen molar-refractivity contribution >= 4 is 5.69 Å². The number of halogens is 1. The number of methoxy groups -OCH3 is 1. The highest BCUT2D eigenvalue weighted by Crippen LogP contribution is 2.23. The lowest BCUT2D eigenvalue weighted by atomic mass is 10.1. The van der Waals surface area contributed by atoms with Crippen molar-refractivity contribution in [1.29, 1.82) is 0 Å². The quantitative estimate of drug-likeness (QED) is 0.769. The van der Waals surface area contributed by atoms with E-state index in [0.717, 1.165) is 18.5 Å². The molecule has 3 heteroatoms. The van der Waals surface area contributed by atoms with E-state index in [0.29, 0.717) is 11.8 Å². The van der Waals surface area contributed by atoms with Crippen LogP contribution in [0.25, 0.3) is 0 Å². The molecule has 0 saturated heterocycles. The summed E-state index contributed by atoms with van der Waals surface area (Å²) in [5, 5.41) is 3.42. The summed E-state index contributed by atoms with van der Waals surface area (Å²) in [5.74, 6) is -0.0278. The molecule has 1 unspecified atom stereocenters. The monoisotopic (exact) mass is 239 g/mol. The molecule has 0 radical (unpaired) electrons. The van der Waals surface area contributed by atoms with E-state index >= 15 is 0 Å². The van der Waals surface area contributed by atoms with Crippen molar-refractivity contribution in [3.05, 3.63) is 24.0 Å². The Morgan fingerprint density at radius 1 is 1.35 bits per heavy atom. The highest BCUT2D eigenvalue weighted by atomic mass is 19.1. The maximum Gasteiger partial charge on any atom is 0.165 e. The van der Waals surface area contributed by atoms with Crippen molar-refractivity contribution in [2.75, 3.05) is 12.4 Å². The van der Waals surface area contributed by atoms with Gasteiger partial charge in [-0.15, -0.1) is 0 Å². The van der Waals surface area contributed by atoms with E-state index < -0.39 is 0 Å². The van der Waals surface area contributed by atoms with Crippen LogP contribution < -0.4 is 10.1 Å². The predicted molar refractivity (Wildman–Crippen MR) is 70.2 cm³/mol. The maximum atomic E-state index is 13.2. The van der Waals surface area contributed by atoms with Gasteiger partial charge in [-0.25, -0.2) is 4.39 Å². The largest absolute Gasteiger partial charge is 0.494 e. The first kappa shape index (κ1) is 13.8. The van der Waals surface area contributed by atoms with Gasteiger partial charge in [-0.05, 0) is 25.0 Å². The van der Waals surface area contributed by atoms with Crippen molar-refractivity contribution < 1.29 is 9.13 Å². The SMILES string of the molecule is CCCCC(CC)Nc1ccc(F)c(OC)c1. The molecule has 1 rings (SSSR count). The summed E-state index contributed by atoms with van der Waals surface area (Å²) in [5.41, 5.74) is 0.922. The fraction of sp³-hybridized carbons (Fsp3) is 0.571. The molecule has 0 saturated carbocycles. The summed E-state index contributed by atoms with van der Waals surface area (Å²) in [6.07, 6.45) is 4.63. The molecular weight excluding hydrogens is 217 g/mol. The van der Waals surface area contributed by atoms with Crippen LogP contribution in [0.1, 0.15) is 39.5 Å². The Kier molecular flexibility index (Phi) is 5.81. The molecule has 0 amide bonds. The van der Waals surface area contributed by atoms with Gasteiger partial charge in [0.25, 0.3) is 0 Å². The van der Waals surface area contributed by atoms with Gasteiger partial charge in [-0.2, -0.15) is 0 Å². The van der Waals surface area contributed by atoms with E-state index in [-0.39, 0.29) is 5.82 Å². The third kappa shape index (κ3) is 4.25. The first-order chi connectivity index (χ1) is 8.21. The van der Waals surface area contributed by atoms with Crippen LogP contribution in [0.3, 0.4) is 0 Å². The average Bonchev–Trinajstić information content (AvgIpc) is 2.36. The van der Waals surface area contributed by atoms with Crippen LogP contribution >= 0.6 is 0 Å². The van der Waals surface area contributed by atoms with E-state index in [1.165, 1.54) is 26.0 Å². The van der Waals surface area contributed by atoms with Crippen molar-refractivity contribution in [2.45, 2.75) is 45.6 Å². The third-order valence-corrected chi connectivity index (χ3v) is 2.92. The Morgan fingerprint density at radius 2 is 2.12 bits per heavy atom. The summed E-state index contributed by atoms with van der Waals surface area (Å²) in [4.78, 5) is 0. The molecule has 0 fully saturated rings. The van der Waals surface area contributed by atoms with Crippen LogP contribution in [0.4, 0.5) is 10.1 Å². The van der Waals surface area contributed by atoms with Gasteiger partial charge in [0.15, 0.2) is 11.6 Å². The molecule has 0 bridgehead atoms. The lowest BCUT2D eigenvalue weighted by Crippen LogP contribution is -2.18. The van der Waals surface area contributed by atoms with Gasteiger partial charge in [0.2, 0.25) is 0 Å². The van der Waals surface area contributed by atoms with Gasteiger partial charge in [0.05, 0.1) is 7.11 Å². The number of unbranched alkanes of at least 4 members (excludes halogenated alkanes) is 1. The minimum Gasteiger partial charge on any atom is -0.494 e. The molecule has 0 aliphatic carbocycles. The fourth-order valence-corrected chi connectivity index (χ4v) is 1.81. The molecule has 1 aromatic rings. The number of rotatable bonds is 7. The second-order valence-corrected chi connectivity index (χ2v) is 4.24. The van der Waals surface area contributed by atoms with Crippen LogP contribution in [-0.4, -0.2) is 13.2 Å². The second-order valence-electron chi connectivity index (χ2n) is 4.24. The minimum atomic E-state index is -0.320. The summed E-state index contributed by atoms with van der Waals surface area (Å²) >= 11 is 0. The highest BCUT2D eigenvalue weighted by Gasteiger charge is 2.08. The standard InChI is InChI=1S/C14H22FNO/c1-4-6-7-11(5-2)16-12-8-9-13(15)14(10-12)17-3/h8-11,16H,4-7H2,1-3H3. The molecule has 0 heterocycles. The van der Waals surface area contributed by atoms with E-state index in [1.807, 2.05) is 0 Å². The molecule has 2 nitrogen and oxygen atoms in total. The van der Waals surface area contributed by atoms with Crippen molar-refractivity contribution in [3.8, 4) is 5.75 Å². The maximum absolute atomic E-state index is 13.2. The Morgan fingerprint density at radius 3 is 2.71 bits per heavy atom. The van der Waals surface area contributed by atoms with Gasteiger partial charge in [-0.3, -0.25) is 0 Å². The Labute approximate surface area is 103 Å². The fourth-order valence-electron chi connectivity index (χ4n) is 1.81. The molecular formula is C14H22FNO. The van der Waals surface area contributed by atoms with Crippen LogP contribution in [0.15, 0.2) is 18.2 Å². The van der Waals surface area contributed by atoms with Crippen molar-refractivity contribution in [3.63, 3.8) is 0 Å². The van der Waals surface area contributed by atoms with E-state index in [2.05, 4.69) is 19.2 Å². The summed E-state index contributed by atoms with van der Waals surface area (Å²) in [6, 6.07) is 5.36. The van der Waals surface area contributed by atoms with Gasteiger partial charge in [-0.1, -0.05) is 26.7 Å². The summed E-state index contributed by atoms with van der Waals surface area (Å²) in [7, 11) is 1.48. The van der Waals surface area contributed by atoms with Crippen LogP contribution in [0.5, 0.6) is 5.75 Å². The topological polar surface area (TPSA) is 21.3 Å². The molecule has 17 heavy (non-hydrogen) atoms. The van der Waals surface area contributed by atoms with E-state index in [4.69, 9.17) is 4.74 Å². The predicted octanol–water partition coefficient (Wildman–Crippen LogP) is 4.22. The first-order valence-electron chi connectivity index (χ1n) is 6.31. The normalized spacial score (nSPS) is 12.2. The van der Waals surface area contributed by atoms with E-state index in [9.17, 15) is 4.39 Å². The Bertz CT molecular complexity index is 341. The van der Waals surface area contributed by atoms with Gasteiger partial charge in [0, 0.05) is 17.8 Å². The number of nitrogens with one attached hydrogen (secondary N) is 1. The molecule has 0 spiro atoms. The number of benzene rings is 1. The van der Waals surface area contributed by atoms with Crippen LogP contribution in [0, 0.1) is 5.82 Å². The molecule has 96 valence electrons. The molecule has 1 atom stereocenters. The lowest BCUT2D eigenvalue weighted by Gasteiger charge is -2.18. The average molecular weight is 239 g/mol. The van der Waals surface area contributed by atoms with Gasteiger partial charge >= 0.3 is 0 Å². The molecule has 1 aromatic carbocycles. The molecule has 1 N–H and O–H groups in total. The minimum absolute atomic E-state index is 0.292. The highest BCUT2D eigenvalue weighted by molar-refractivity contribution is 5.49. The number of hydrogen-bond donors (Lipinski definition) is 1. The zero-order valence-corrected chi connectivity index (χ0v) is 10.9. The van der Waals surface area contributed by atoms with E-state index in [1.54, 1.807) is 12.1 Å². The second kappa shape index (κ2) is 7.15. The zero-order chi connectivity index (χ0) is 12.7. The smallest absolute Gasteiger partial charge is 0.165 e. The summed E-state index contributed by atoms with van der Waals surface area (Å²) in [6.45, 7) is 4.35. The molecule has 0 aliphatic heterocycles. The van der Waals surface area contributed by atoms with Crippen LogP contribution in [0.2, 0.25) is 0 Å². The Hall–Kier alpha value is -1.25. The number of hydrogen-bond acceptors (Lipinski definition) is 2. The number of anilines is 1. The Balaban J connectivity index is 2.65. The van der Waals surface area contributed by atoms with Crippen molar-refractivity contribution in [1.82, 2.24) is 0 Å². The summed E-state index contributed by atoms with van der Waals surface area (Å²) < 4.78 is 18.2. The third-order valence-electron chi connectivity index (χ3n) is 2.92. The van der Waals surface area contributed by atoms with Gasteiger partial charge < -0.3 is 10.1 Å². The van der Waals surface area contributed by atoms with Crippen molar-refractivity contribution in [2.24, 2.45) is 0 Å².